The Kier molecular flexibility index (Phi) is 5.54. The lowest BCUT2D eigenvalue weighted by molar-refractivity contribution is 0.0955. The maximum absolute atomic E-state index is 12.8. The van der Waals surface area contributed by atoms with Gasteiger partial charge in [0.25, 0.3) is 5.91 Å². The van der Waals surface area contributed by atoms with Crippen molar-refractivity contribution in [3.63, 3.8) is 0 Å². The van der Waals surface area contributed by atoms with Crippen LogP contribution in [0.4, 0.5) is 5.69 Å². The van der Waals surface area contributed by atoms with E-state index in [-0.39, 0.29) is 18.2 Å². The standard InChI is InChI=1S/C21H23N5O3S/c1-2-18-17(15-24-26(18)20-9-5-6-11-22-20)21(27)23-12-14-30(28,29)25-13-10-16-7-3-4-8-19(16)25/h3-9,11,15H,2,10,12-14H2,1H3,(H,23,27). The van der Waals surface area contributed by atoms with Gasteiger partial charge >= 0.3 is 0 Å². The van der Waals surface area contributed by atoms with Crippen molar-refractivity contribution in [2.75, 3.05) is 23.1 Å². The first kappa shape index (κ1) is 20.1. The van der Waals surface area contributed by atoms with Gasteiger partial charge in [-0.1, -0.05) is 31.2 Å². The molecule has 30 heavy (non-hydrogen) atoms. The highest BCUT2D eigenvalue weighted by Gasteiger charge is 2.29. The highest BCUT2D eigenvalue weighted by molar-refractivity contribution is 7.92. The van der Waals surface area contributed by atoms with Gasteiger partial charge in [-0.3, -0.25) is 9.10 Å². The van der Waals surface area contributed by atoms with Crippen LogP contribution in [0.15, 0.2) is 54.9 Å². The molecule has 2 aromatic heterocycles. The summed E-state index contributed by atoms with van der Waals surface area (Å²) in [6.07, 6.45) is 4.45. The summed E-state index contributed by atoms with van der Waals surface area (Å²) in [5, 5.41) is 7.01. The fourth-order valence-corrected chi connectivity index (χ4v) is 5.10. The Labute approximate surface area is 175 Å². The lowest BCUT2D eigenvalue weighted by atomic mass is 10.2. The molecule has 1 aromatic carbocycles. The van der Waals surface area contributed by atoms with Crippen LogP contribution in [-0.2, 0) is 22.9 Å². The average Bonchev–Trinajstić information content (AvgIpc) is 3.39. The summed E-state index contributed by atoms with van der Waals surface area (Å²) in [4.78, 5) is 17.0. The van der Waals surface area contributed by atoms with E-state index in [1.165, 1.54) is 10.5 Å². The number of sulfonamides is 1. The zero-order valence-corrected chi connectivity index (χ0v) is 17.5. The molecular weight excluding hydrogens is 402 g/mol. The number of rotatable bonds is 7. The van der Waals surface area contributed by atoms with Gasteiger partial charge in [-0.15, -0.1) is 0 Å². The quantitative estimate of drug-likeness (QED) is 0.624. The van der Waals surface area contributed by atoms with E-state index in [9.17, 15) is 13.2 Å². The molecule has 8 nitrogen and oxygen atoms in total. The zero-order valence-electron chi connectivity index (χ0n) is 16.7. The number of nitrogens with one attached hydrogen (secondary N) is 1. The van der Waals surface area contributed by atoms with Crippen LogP contribution < -0.4 is 9.62 Å². The summed E-state index contributed by atoms with van der Waals surface area (Å²) < 4.78 is 28.6. The van der Waals surface area contributed by atoms with Crippen molar-refractivity contribution in [1.82, 2.24) is 20.1 Å². The van der Waals surface area contributed by atoms with E-state index >= 15 is 0 Å². The molecule has 0 aliphatic carbocycles. The largest absolute Gasteiger partial charge is 0.351 e. The maximum atomic E-state index is 12.8. The molecule has 0 bridgehead atoms. The first-order valence-corrected chi connectivity index (χ1v) is 11.5. The van der Waals surface area contributed by atoms with E-state index in [4.69, 9.17) is 0 Å². The number of nitrogens with zero attached hydrogens (tertiary/aromatic N) is 4. The van der Waals surface area contributed by atoms with Gasteiger partial charge in [-0.05, 0) is 36.6 Å². The van der Waals surface area contributed by atoms with Crippen molar-refractivity contribution in [3.8, 4) is 5.82 Å². The smallest absolute Gasteiger partial charge is 0.254 e. The van der Waals surface area contributed by atoms with Gasteiger partial charge in [-0.2, -0.15) is 5.10 Å². The summed E-state index contributed by atoms with van der Waals surface area (Å²) >= 11 is 0. The lowest BCUT2D eigenvalue weighted by Gasteiger charge is -2.19. The van der Waals surface area contributed by atoms with E-state index in [0.717, 1.165) is 16.9 Å². The fourth-order valence-electron chi connectivity index (χ4n) is 3.68. The molecule has 156 valence electrons. The van der Waals surface area contributed by atoms with E-state index in [2.05, 4.69) is 15.4 Å². The predicted molar refractivity (Wildman–Crippen MR) is 114 cm³/mol. The Bertz CT molecular complexity index is 1160. The molecular formula is C21H23N5O3S. The number of para-hydroxylation sites is 1. The molecule has 0 saturated carbocycles. The van der Waals surface area contributed by atoms with Crippen LogP contribution in [0.5, 0.6) is 0 Å². The number of benzene rings is 1. The Morgan fingerprint density at radius 2 is 1.97 bits per heavy atom. The number of pyridine rings is 1. The summed E-state index contributed by atoms with van der Waals surface area (Å²) in [7, 11) is -3.52. The second-order valence-corrected chi connectivity index (χ2v) is 8.99. The van der Waals surface area contributed by atoms with Crippen LogP contribution in [0, 0.1) is 0 Å². The fraction of sp³-hybridized carbons (Fsp3) is 0.286. The highest BCUT2D eigenvalue weighted by Crippen LogP contribution is 2.29. The van der Waals surface area contributed by atoms with Gasteiger partial charge in [0.1, 0.15) is 0 Å². The molecule has 0 saturated heterocycles. The van der Waals surface area contributed by atoms with Gasteiger partial charge in [0, 0.05) is 19.3 Å². The van der Waals surface area contributed by atoms with Crippen molar-refractivity contribution in [3.05, 3.63) is 71.7 Å². The molecule has 3 heterocycles. The molecule has 3 aromatic rings. The number of carbonyl (C=O) groups is 1. The van der Waals surface area contributed by atoms with E-state index in [1.807, 2.05) is 49.4 Å². The van der Waals surface area contributed by atoms with Crippen molar-refractivity contribution < 1.29 is 13.2 Å². The molecule has 4 rings (SSSR count). The first-order chi connectivity index (χ1) is 14.5. The van der Waals surface area contributed by atoms with Crippen LogP contribution in [0.2, 0.25) is 0 Å². The predicted octanol–water partition coefficient (Wildman–Crippen LogP) is 1.95. The minimum Gasteiger partial charge on any atom is -0.351 e. The molecule has 0 unspecified atom stereocenters. The van der Waals surface area contributed by atoms with Gasteiger partial charge in [0.15, 0.2) is 5.82 Å². The minimum absolute atomic E-state index is 0.0256. The molecule has 1 aliphatic heterocycles. The highest BCUT2D eigenvalue weighted by atomic mass is 32.2. The van der Waals surface area contributed by atoms with Crippen molar-refractivity contribution in [1.29, 1.82) is 0 Å². The van der Waals surface area contributed by atoms with Gasteiger partial charge in [-0.25, -0.2) is 18.1 Å². The van der Waals surface area contributed by atoms with E-state index < -0.39 is 10.0 Å². The molecule has 0 fully saturated rings. The van der Waals surface area contributed by atoms with Crippen molar-refractivity contribution in [2.45, 2.75) is 19.8 Å². The average molecular weight is 426 g/mol. The number of carbonyl (C=O) groups excluding carboxylic acids is 1. The van der Waals surface area contributed by atoms with Crippen LogP contribution in [0.1, 0.15) is 28.5 Å². The van der Waals surface area contributed by atoms with E-state index in [0.29, 0.717) is 30.8 Å². The molecule has 9 heteroatoms. The summed E-state index contributed by atoms with van der Waals surface area (Å²) in [6.45, 7) is 2.40. The third-order valence-electron chi connectivity index (χ3n) is 5.14. The SMILES string of the molecule is CCc1c(C(=O)NCCS(=O)(=O)N2CCc3ccccc32)cnn1-c1ccccn1. The van der Waals surface area contributed by atoms with Crippen LogP contribution >= 0.6 is 0 Å². The first-order valence-electron chi connectivity index (χ1n) is 9.86. The molecule has 0 radical (unpaired) electrons. The Morgan fingerprint density at radius 1 is 1.17 bits per heavy atom. The number of hydrogen-bond acceptors (Lipinski definition) is 5. The second kappa shape index (κ2) is 8.27. The van der Waals surface area contributed by atoms with E-state index in [1.54, 1.807) is 10.9 Å². The van der Waals surface area contributed by atoms with Crippen molar-refractivity contribution in [2.24, 2.45) is 0 Å². The third kappa shape index (κ3) is 3.80. The molecule has 1 aliphatic rings. The Morgan fingerprint density at radius 3 is 2.73 bits per heavy atom. The molecule has 1 N–H and O–H groups in total. The number of hydrogen-bond donors (Lipinski definition) is 1. The number of aromatic nitrogens is 3. The third-order valence-corrected chi connectivity index (χ3v) is 6.91. The summed E-state index contributed by atoms with van der Waals surface area (Å²) in [5.74, 6) is 0.123. The van der Waals surface area contributed by atoms with Gasteiger partial charge < -0.3 is 5.32 Å². The zero-order chi connectivity index (χ0) is 21.1. The van der Waals surface area contributed by atoms with Crippen molar-refractivity contribution >= 4 is 21.6 Å². The molecule has 0 atom stereocenters. The molecule has 1 amide bonds. The topological polar surface area (TPSA) is 97.2 Å². The Balaban J connectivity index is 1.43. The van der Waals surface area contributed by atoms with Crippen LogP contribution in [0.3, 0.4) is 0 Å². The van der Waals surface area contributed by atoms with Crippen LogP contribution in [0.25, 0.3) is 5.82 Å². The van der Waals surface area contributed by atoms with Crippen LogP contribution in [-0.4, -0.2) is 47.9 Å². The summed E-state index contributed by atoms with van der Waals surface area (Å²) in [6, 6.07) is 13.0. The normalized spacial score (nSPS) is 13.3. The number of anilines is 1. The maximum Gasteiger partial charge on any atom is 0.254 e. The lowest BCUT2D eigenvalue weighted by Crippen LogP contribution is -2.37. The number of amides is 1. The number of fused-ring (bicyclic) bond motifs is 1. The van der Waals surface area contributed by atoms with Gasteiger partial charge in [0.05, 0.1) is 28.9 Å². The Hall–Kier alpha value is -3.20. The minimum atomic E-state index is -3.52. The molecule has 0 spiro atoms. The summed E-state index contributed by atoms with van der Waals surface area (Å²) in [5.41, 5.74) is 2.91. The second-order valence-electron chi connectivity index (χ2n) is 6.98. The van der Waals surface area contributed by atoms with Gasteiger partial charge in [0.2, 0.25) is 10.0 Å². The monoisotopic (exact) mass is 425 g/mol.